The van der Waals surface area contributed by atoms with Gasteiger partial charge in [0.05, 0.1) is 16.1 Å². The van der Waals surface area contributed by atoms with Crippen molar-refractivity contribution in [1.82, 2.24) is 4.90 Å². The molecule has 1 aliphatic heterocycles. The van der Waals surface area contributed by atoms with Crippen LogP contribution in [0.5, 0.6) is 0 Å². The monoisotopic (exact) mass is 397 g/mol. The Balaban J connectivity index is 1.61. The van der Waals surface area contributed by atoms with Crippen molar-refractivity contribution >= 4 is 35.1 Å². The summed E-state index contributed by atoms with van der Waals surface area (Å²) in [4.78, 5) is 60.1. The minimum atomic E-state index is -1.25. The SMILES string of the molecule is C[C@@H](C(=O)OCC(=O)Nc1ccccc1[N+](=O)[O-])N1C(=O)c2ccccc2C1=O. The molecule has 29 heavy (non-hydrogen) atoms. The number of hydrogen-bond acceptors (Lipinski definition) is 7. The largest absolute Gasteiger partial charge is 0.454 e. The van der Waals surface area contributed by atoms with Gasteiger partial charge in [-0.25, -0.2) is 4.79 Å². The summed E-state index contributed by atoms with van der Waals surface area (Å²) in [7, 11) is 0. The van der Waals surface area contributed by atoms with Crippen LogP contribution in [0.15, 0.2) is 48.5 Å². The first kappa shape index (κ1) is 19.7. The van der Waals surface area contributed by atoms with E-state index >= 15 is 0 Å². The lowest BCUT2D eigenvalue weighted by molar-refractivity contribution is -0.383. The third-order valence-electron chi connectivity index (χ3n) is 4.27. The second kappa shape index (κ2) is 7.89. The molecule has 3 rings (SSSR count). The normalized spacial score (nSPS) is 13.6. The number of benzene rings is 2. The molecule has 2 aromatic carbocycles. The van der Waals surface area contributed by atoms with Crippen LogP contribution in [0.2, 0.25) is 0 Å². The third kappa shape index (κ3) is 3.81. The fraction of sp³-hybridized carbons (Fsp3) is 0.158. The van der Waals surface area contributed by atoms with Gasteiger partial charge in [-0.15, -0.1) is 0 Å². The number of nitro groups is 1. The second-order valence-corrected chi connectivity index (χ2v) is 6.13. The molecule has 0 radical (unpaired) electrons. The van der Waals surface area contributed by atoms with E-state index < -0.39 is 41.3 Å². The lowest BCUT2D eigenvalue weighted by atomic mass is 10.1. The molecule has 148 valence electrons. The van der Waals surface area contributed by atoms with Gasteiger partial charge in [0, 0.05) is 6.07 Å². The second-order valence-electron chi connectivity index (χ2n) is 6.13. The summed E-state index contributed by atoms with van der Waals surface area (Å²) in [5.41, 5.74) is 0.0103. The molecule has 0 unspecified atom stereocenters. The van der Waals surface area contributed by atoms with Crippen LogP contribution in [0.3, 0.4) is 0 Å². The van der Waals surface area contributed by atoms with Gasteiger partial charge in [-0.3, -0.25) is 29.4 Å². The van der Waals surface area contributed by atoms with Crippen LogP contribution in [-0.4, -0.2) is 46.2 Å². The Bertz CT molecular complexity index is 999. The maximum atomic E-state index is 12.4. The van der Waals surface area contributed by atoms with E-state index in [4.69, 9.17) is 4.74 Å². The molecule has 0 saturated heterocycles. The van der Waals surface area contributed by atoms with Crippen molar-refractivity contribution < 1.29 is 28.8 Å². The van der Waals surface area contributed by atoms with E-state index in [0.29, 0.717) is 0 Å². The predicted molar refractivity (Wildman–Crippen MR) is 99.1 cm³/mol. The van der Waals surface area contributed by atoms with Crippen LogP contribution in [0.4, 0.5) is 11.4 Å². The number of carbonyl (C=O) groups excluding carboxylic acids is 4. The zero-order valence-corrected chi connectivity index (χ0v) is 15.2. The quantitative estimate of drug-likeness (QED) is 0.339. The molecule has 10 heteroatoms. The number of nitrogens with zero attached hydrogens (tertiary/aromatic N) is 2. The van der Waals surface area contributed by atoms with Crippen molar-refractivity contribution in [2.24, 2.45) is 0 Å². The van der Waals surface area contributed by atoms with Crippen molar-refractivity contribution in [3.63, 3.8) is 0 Å². The number of esters is 1. The average Bonchev–Trinajstić information content (AvgIpc) is 2.96. The topological polar surface area (TPSA) is 136 Å². The molecule has 1 heterocycles. The van der Waals surface area contributed by atoms with Crippen LogP contribution in [0, 0.1) is 10.1 Å². The van der Waals surface area contributed by atoms with Gasteiger partial charge in [0.2, 0.25) is 0 Å². The number of amides is 3. The predicted octanol–water partition coefficient (Wildman–Crippen LogP) is 1.76. The summed E-state index contributed by atoms with van der Waals surface area (Å²) in [6.45, 7) is 0.572. The minimum Gasteiger partial charge on any atom is -0.454 e. The number of para-hydroxylation sites is 2. The van der Waals surface area contributed by atoms with E-state index in [1.807, 2.05) is 0 Å². The summed E-state index contributed by atoms with van der Waals surface area (Å²) in [6, 6.07) is 10.4. The van der Waals surface area contributed by atoms with Crippen molar-refractivity contribution in [2.75, 3.05) is 11.9 Å². The summed E-state index contributed by atoms with van der Waals surface area (Å²) >= 11 is 0. The molecule has 1 atom stereocenters. The van der Waals surface area contributed by atoms with Gasteiger partial charge in [0.15, 0.2) is 6.61 Å². The van der Waals surface area contributed by atoms with E-state index in [1.54, 1.807) is 12.1 Å². The molecular formula is C19H15N3O7. The van der Waals surface area contributed by atoms with E-state index in [-0.39, 0.29) is 22.5 Å². The summed E-state index contributed by atoms with van der Waals surface area (Å²) in [5.74, 6) is -3.02. The Kier molecular flexibility index (Phi) is 5.35. The van der Waals surface area contributed by atoms with Gasteiger partial charge in [-0.05, 0) is 25.1 Å². The Morgan fingerprint density at radius 1 is 1.07 bits per heavy atom. The molecule has 1 aliphatic rings. The molecule has 0 aliphatic carbocycles. The highest BCUT2D eigenvalue weighted by molar-refractivity contribution is 6.22. The maximum absolute atomic E-state index is 12.4. The molecular weight excluding hydrogens is 382 g/mol. The van der Waals surface area contributed by atoms with Gasteiger partial charge >= 0.3 is 5.97 Å². The van der Waals surface area contributed by atoms with Gasteiger partial charge in [0.25, 0.3) is 23.4 Å². The molecule has 3 amide bonds. The van der Waals surface area contributed by atoms with Crippen LogP contribution in [0.1, 0.15) is 27.6 Å². The number of hydrogen-bond donors (Lipinski definition) is 1. The smallest absolute Gasteiger partial charge is 0.329 e. The first-order valence-corrected chi connectivity index (χ1v) is 8.48. The van der Waals surface area contributed by atoms with Gasteiger partial charge in [-0.1, -0.05) is 24.3 Å². The number of nitro benzene ring substituents is 1. The summed E-state index contributed by atoms with van der Waals surface area (Å²) in [5, 5.41) is 13.2. The van der Waals surface area contributed by atoms with Gasteiger partial charge in [-0.2, -0.15) is 0 Å². The number of imide groups is 1. The Labute approximate surface area is 164 Å². The van der Waals surface area contributed by atoms with Crippen molar-refractivity contribution in [3.05, 3.63) is 69.8 Å². The van der Waals surface area contributed by atoms with Crippen molar-refractivity contribution in [2.45, 2.75) is 13.0 Å². The molecule has 0 saturated carbocycles. The minimum absolute atomic E-state index is 0.0491. The number of nitrogens with one attached hydrogen (secondary N) is 1. The molecule has 0 spiro atoms. The number of rotatable bonds is 6. The molecule has 1 N–H and O–H groups in total. The fourth-order valence-corrected chi connectivity index (χ4v) is 2.85. The average molecular weight is 397 g/mol. The third-order valence-corrected chi connectivity index (χ3v) is 4.27. The van der Waals surface area contributed by atoms with E-state index in [9.17, 15) is 29.3 Å². The maximum Gasteiger partial charge on any atom is 0.329 e. The van der Waals surface area contributed by atoms with Crippen LogP contribution >= 0.6 is 0 Å². The van der Waals surface area contributed by atoms with Gasteiger partial charge < -0.3 is 10.1 Å². The molecule has 0 fully saturated rings. The lowest BCUT2D eigenvalue weighted by Gasteiger charge is -2.20. The first-order valence-electron chi connectivity index (χ1n) is 8.48. The van der Waals surface area contributed by atoms with Crippen LogP contribution in [0.25, 0.3) is 0 Å². The highest BCUT2D eigenvalue weighted by atomic mass is 16.6. The number of carbonyl (C=O) groups is 4. The van der Waals surface area contributed by atoms with Crippen LogP contribution in [-0.2, 0) is 14.3 Å². The standard InChI is InChI=1S/C19H15N3O7/c1-11(21-17(24)12-6-2-3-7-13(12)18(21)25)19(26)29-10-16(23)20-14-8-4-5-9-15(14)22(27)28/h2-9,11H,10H2,1H3,(H,20,23)/t11-/m0/s1. The van der Waals surface area contributed by atoms with E-state index in [0.717, 1.165) is 4.90 Å². The Morgan fingerprint density at radius 3 is 2.21 bits per heavy atom. The van der Waals surface area contributed by atoms with E-state index in [2.05, 4.69) is 5.32 Å². The van der Waals surface area contributed by atoms with Crippen molar-refractivity contribution in [3.8, 4) is 0 Å². The summed E-state index contributed by atoms with van der Waals surface area (Å²) in [6.07, 6.45) is 0. The number of anilines is 1. The molecule has 10 nitrogen and oxygen atoms in total. The Hall–Kier alpha value is -4.08. The number of fused-ring (bicyclic) bond motifs is 1. The van der Waals surface area contributed by atoms with E-state index in [1.165, 1.54) is 43.3 Å². The zero-order chi connectivity index (χ0) is 21.1. The molecule has 0 bridgehead atoms. The Morgan fingerprint density at radius 2 is 1.62 bits per heavy atom. The highest BCUT2D eigenvalue weighted by Gasteiger charge is 2.41. The van der Waals surface area contributed by atoms with Crippen molar-refractivity contribution in [1.29, 1.82) is 0 Å². The molecule has 2 aromatic rings. The summed E-state index contributed by atoms with van der Waals surface area (Å²) < 4.78 is 4.88. The fourth-order valence-electron chi connectivity index (χ4n) is 2.85. The first-order chi connectivity index (χ1) is 13.8. The molecule has 0 aromatic heterocycles. The van der Waals surface area contributed by atoms with Gasteiger partial charge in [0.1, 0.15) is 11.7 Å². The zero-order valence-electron chi connectivity index (χ0n) is 15.2. The lowest BCUT2D eigenvalue weighted by Crippen LogP contribution is -2.44. The van der Waals surface area contributed by atoms with Crippen LogP contribution < -0.4 is 5.32 Å². The highest BCUT2D eigenvalue weighted by Crippen LogP contribution is 2.25. The number of ether oxygens (including phenoxy) is 1.